The molecule has 3 N–H and O–H groups in total. The number of likely N-dealkylation sites (tertiary alicyclic amines) is 1. The van der Waals surface area contributed by atoms with E-state index in [4.69, 9.17) is 17.3 Å². The number of piperidine rings is 1. The fourth-order valence-electron chi connectivity index (χ4n) is 7.03. The Bertz CT molecular complexity index is 1680. The SMILES string of the molecule is Nc1c(Cl)cc(CC(CC(=O)N2CCC(N3Cc4ccccc4CNC3=O)CC2)C(=O)N2CCN(c3ccncc3)CC2)cc1C(F)(F)F. The van der Waals surface area contributed by atoms with Gasteiger partial charge in [-0.15, -0.1) is 0 Å². The van der Waals surface area contributed by atoms with Crippen molar-refractivity contribution in [1.82, 2.24) is 25.0 Å². The summed E-state index contributed by atoms with van der Waals surface area (Å²) in [5.41, 5.74) is 7.34. The number of amides is 4. The fraction of sp³-hybridized carbons (Fsp3) is 0.429. The number of nitrogens with two attached hydrogens (primary N) is 1. The van der Waals surface area contributed by atoms with Gasteiger partial charge in [0.2, 0.25) is 11.8 Å². The monoisotopic (exact) mass is 697 g/mol. The normalized spacial score (nSPS) is 18.1. The van der Waals surface area contributed by atoms with Gasteiger partial charge >= 0.3 is 12.2 Å². The molecule has 0 saturated carbocycles. The van der Waals surface area contributed by atoms with Crippen LogP contribution in [0.25, 0.3) is 0 Å². The minimum absolute atomic E-state index is 0.0676. The Morgan fingerprint density at radius 2 is 1.63 bits per heavy atom. The van der Waals surface area contributed by atoms with Gasteiger partial charge in [0.15, 0.2) is 0 Å². The Hall–Kier alpha value is -4.52. The first kappa shape index (κ1) is 34.3. The van der Waals surface area contributed by atoms with Crippen molar-refractivity contribution in [3.05, 3.63) is 88.2 Å². The summed E-state index contributed by atoms with van der Waals surface area (Å²) in [5, 5.41) is 2.72. The van der Waals surface area contributed by atoms with Gasteiger partial charge in [0.05, 0.1) is 22.2 Å². The maximum atomic E-state index is 14.0. The molecule has 1 unspecified atom stereocenters. The Balaban J connectivity index is 1.15. The molecule has 4 amide bonds. The van der Waals surface area contributed by atoms with Crippen molar-refractivity contribution in [2.75, 3.05) is 49.9 Å². The van der Waals surface area contributed by atoms with E-state index in [-0.39, 0.29) is 47.3 Å². The van der Waals surface area contributed by atoms with Gasteiger partial charge in [0.1, 0.15) is 0 Å². The van der Waals surface area contributed by atoms with Crippen LogP contribution in [0.3, 0.4) is 0 Å². The number of alkyl halides is 3. The maximum Gasteiger partial charge on any atom is 0.418 e. The summed E-state index contributed by atoms with van der Waals surface area (Å²) >= 11 is 6.13. The van der Waals surface area contributed by atoms with Gasteiger partial charge in [-0.1, -0.05) is 35.9 Å². The largest absolute Gasteiger partial charge is 0.418 e. The third-order valence-corrected chi connectivity index (χ3v) is 10.1. The number of hydrogen-bond acceptors (Lipinski definition) is 6. The summed E-state index contributed by atoms with van der Waals surface area (Å²) in [5.74, 6) is -1.46. The average molecular weight is 698 g/mol. The molecule has 49 heavy (non-hydrogen) atoms. The molecule has 2 saturated heterocycles. The van der Waals surface area contributed by atoms with Crippen LogP contribution >= 0.6 is 11.6 Å². The second-order valence-electron chi connectivity index (χ2n) is 12.8. The Morgan fingerprint density at radius 1 is 0.959 bits per heavy atom. The molecule has 0 bridgehead atoms. The molecule has 2 fully saturated rings. The summed E-state index contributed by atoms with van der Waals surface area (Å²) < 4.78 is 41.4. The molecule has 0 aliphatic carbocycles. The number of anilines is 2. The molecule has 0 radical (unpaired) electrons. The Morgan fingerprint density at radius 3 is 2.31 bits per heavy atom. The van der Waals surface area contributed by atoms with Crippen molar-refractivity contribution in [2.24, 2.45) is 5.92 Å². The molecular weight excluding hydrogens is 659 g/mol. The van der Waals surface area contributed by atoms with Gasteiger partial charge in [0.25, 0.3) is 0 Å². The molecule has 10 nitrogen and oxygen atoms in total. The molecule has 14 heteroatoms. The minimum Gasteiger partial charge on any atom is -0.397 e. The number of pyridine rings is 1. The highest BCUT2D eigenvalue weighted by molar-refractivity contribution is 6.33. The quantitative estimate of drug-likeness (QED) is 0.338. The predicted molar refractivity (Wildman–Crippen MR) is 180 cm³/mol. The topological polar surface area (TPSA) is 115 Å². The van der Waals surface area contributed by atoms with Gasteiger partial charge in [-0.05, 0) is 60.2 Å². The van der Waals surface area contributed by atoms with E-state index < -0.39 is 23.3 Å². The van der Waals surface area contributed by atoms with Crippen molar-refractivity contribution in [2.45, 2.75) is 51.0 Å². The lowest BCUT2D eigenvalue weighted by molar-refractivity contribution is -0.142. The first-order valence-corrected chi connectivity index (χ1v) is 16.8. The van der Waals surface area contributed by atoms with Crippen LogP contribution in [0.15, 0.2) is 60.9 Å². The molecule has 1 aromatic heterocycles. The van der Waals surface area contributed by atoms with Gasteiger partial charge in [-0.25, -0.2) is 4.79 Å². The van der Waals surface area contributed by atoms with Crippen LogP contribution < -0.4 is 16.0 Å². The average Bonchev–Trinajstić information content (AvgIpc) is 3.27. The lowest BCUT2D eigenvalue weighted by Gasteiger charge is -2.39. The lowest BCUT2D eigenvalue weighted by Crippen LogP contribution is -2.52. The van der Waals surface area contributed by atoms with Crippen LogP contribution in [-0.2, 0) is 35.3 Å². The number of aromatic nitrogens is 1. The number of nitrogens with zero attached hydrogens (tertiary/aromatic N) is 5. The number of halogens is 4. The second kappa shape index (κ2) is 14.5. The Labute approximate surface area is 288 Å². The molecular formula is C35H39ClF3N7O3. The highest BCUT2D eigenvalue weighted by Gasteiger charge is 2.37. The zero-order valence-electron chi connectivity index (χ0n) is 27.0. The summed E-state index contributed by atoms with van der Waals surface area (Å²) in [6.07, 6.45) is -0.479. The number of piperazine rings is 1. The highest BCUT2D eigenvalue weighted by atomic mass is 35.5. The first-order valence-electron chi connectivity index (χ1n) is 16.5. The fourth-order valence-corrected chi connectivity index (χ4v) is 7.27. The number of urea groups is 1. The third-order valence-electron chi connectivity index (χ3n) is 9.77. The van der Waals surface area contributed by atoms with Crippen LogP contribution in [0.5, 0.6) is 0 Å². The van der Waals surface area contributed by atoms with Crippen LogP contribution in [-0.4, -0.2) is 82.8 Å². The van der Waals surface area contributed by atoms with E-state index in [9.17, 15) is 27.6 Å². The first-order chi connectivity index (χ1) is 23.5. The summed E-state index contributed by atoms with van der Waals surface area (Å²) in [4.78, 5) is 52.1. The summed E-state index contributed by atoms with van der Waals surface area (Å²) in [7, 11) is 0. The van der Waals surface area contributed by atoms with Crippen LogP contribution in [0.1, 0.15) is 41.5 Å². The molecule has 3 aliphatic rings. The van der Waals surface area contributed by atoms with E-state index >= 15 is 0 Å². The summed E-state index contributed by atoms with van der Waals surface area (Å²) in [6, 6.07) is 13.8. The second-order valence-corrected chi connectivity index (χ2v) is 13.2. The number of rotatable bonds is 7. The molecule has 2 aromatic carbocycles. The Kier molecular flexibility index (Phi) is 10.2. The molecule has 6 rings (SSSR count). The van der Waals surface area contributed by atoms with Crippen LogP contribution in [0, 0.1) is 5.92 Å². The van der Waals surface area contributed by atoms with Gasteiger partial charge < -0.3 is 30.7 Å². The van der Waals surface area contributed by atoms with E-state index in [1.807, 2.05) is 41.3 Å². The van der Waals surface area contributed by atoms with E-state index in [1.54, 1.807) is 22.2 Å². The zero-order valence-corrected chi connectivity index (χ0v) is 27.7. The molecule has 4 heterocycles. The molecule has 3 aliphatic heterocycles. The van der Waals surface area contributed by atoms with E-state index in [0.717, 1.165) is 22.9 Å². The van der Waals surface area contributed by atoms with Crippen molar-refractivity contribution in [1.29, 1.82) is 0 Å². The van der Waals surface area contributed by atoms with Crippen LogP contribution in [0.2, 0.25) is 5.02 Å². The van der Waals surface area contributed by atoms with Crippen molar-refractivity contribution >= 4 is 40.8 Å². The number of nitrogens with one attached hydrogen (secondary N) is 1. The highest BCUT2D eigenvalue weighted by Crippen LogP contribution is 2.38. The van der Waals surface area contributed by atoms with Crippen molar-refractivity contribution < 1.29 is 27.6 Å². The summed E-state index contributed by atoms with van der Waals surface area (Å²) in [6.45, 7) is 3.65. The van der Waals surface area contributed by atoms with Gasteiger partial charge in [0, 0.05) is 82.9 Å². The minimum atomic E-state index is -4.74. The molecule has 260 valence electrons. The van der Waals surface area contributed by atoms with Crippen LogP contribution in [0.4, 0.5) is 29.3 Å². The van der Waals surface area contributed by atoms with Gasteiger partial charge in [-0.2, -0.15) is 13.2 Å². The molecule has 0 spiro atoms. The van der Waals surface area contributed by atoms with Gasteiger partial charge in [-0.3, -0.25) is 14.6 Å². The number of hydrogen-bond donors (Lipinski definition) is 2. The lowest BCUT2D eigenvalue weighted by atomic mass is 9.91. The van der Waals surface area contributed by atoms with Crippen molar-refractivity contribution in [3.63, 3.8) is 0 Å². The number of nitrogen functional groups attached to an aromatic ring is 1. The number of carbonyl (C=O) groups excluding carboxylic acids is 3. The predicted octanol–water partition coefficient (Wildman–Crippen LogP) is 4.95. The number of carbonyl (C=O) groups is 3. The number of benzene rings is 2. The standard InChI is InChI=1S/C35H39ClF3N7O3/c36-30-19-23(18-29(32(30)40)35(37,38)39)17-26(33(48)45-15-13-43(14-16-45)27-5-9-41-10-6-27)20-31(47)44-11-7-28(8-12-44)46-22-25-4-2-1-3-24(25)21-42-34(46)49/h1-6,9-10,18-19,26,28H,7-8,11-17,20-22,40H2,(H,42,49). The number of fused-ring (bicyclic) bond motifs is 1. The maximum absolute atomic E-state index is 14.0. The van der Waals surface area contributed by atoms with E-state index in [1.165, 1.54) is 6.07 Å². The molecule has 3 aromatic rings. The van der Waals surface area contributed by atoms with E-state index in [0.29, 0.717) is 65.2 Å². The smallest absolute Gasteiger partial charge is 0.397 e. The third kappa shape index (κ3) is 7.87. The van der Waals surface area contributed by atoms with Crippen molar-refractivity contribution in [3.8, 4) is 0 Å². The van der Waals surface area contributed by atoms with E-state index in [2.05, 4.69) is 15.2 Å². The molecule has 1 atom stereocenters. The zero-order chi connectivity index (χ0) is 34.7.